The van der Waals surface area contributed by atoms with Crippen LogP contribution in [-0.4, -0.2) is 14.9 Å². The van der Waals surface area contributed by atoms with E-state index in [-0.39, 0.29) is 27.1 Å². The topological polar surface area (TPSA) is 88.9 Å². The first-order valence-electron chi connectivity index (χ1n) is 8.32. The van der Waals surface area contributed by atoms with Gasteiger partial charge < -0.3 is 4.98 Å². The Hall–Kier alpha value is -3.00. The second-order valence-corrected chi connectivity index (χ2v) is 7.74. The van der Waals surface area contributed by atoms with Crippen LogP contribution in [0.25, 0.3) is 32.5 Å². The summed E-state index contributed by atoms with van der Waals surface area (Å²) >= 11 is 13.5. The van der Waals surface area contributed by atoms with E-state index in [1.807, 2.05) is 35.7 Å². The van der Waals surface area contributed by atoms with E-state index >= 15 is 0 Å². The van der Waals surface area contributed by atoms with Gasteiger partial charge in [-0.15, -0.1) is 11.3 Å². The first-order chi connectivity index (χ1) is 13.9. The van der Waals surface area contributed by atoms with Crippen molar-refractivity contribution in [3.05, 3.63) is 90.8 Å². The van der Waals surface area contributed by atoms with Crippen LogP contribution in [0.5, 0.6) is 0 Å². The molecule has 2 aromatic heterocycles. The first-order valence-corrected chi connectivity index (χ1v) is 9.96. The molecule has 2 heterocycles. The van der Waals surface area contributed by atoms with Crippen LogP contribution in [0.15, 0.2) is 58.7 Å². The van der Waals surface area contributed by atoms with E-state index in [1.165, 1.54) is 29.5 Å². The van der Waals surface area contributed by atoms with Crippen molar-refractivity contribution < 1.29 is 4.92 Å². The molecule has 6 nitrogen and oxygen atoms in total. The summed E-state index contributed by atoms with van der Waals surface area (Å²) in [7, 11) is 0. The number of thiophene rings is 1. The maximum atomic E-state index is 12.7. The van der Waals surface area contributed by atoms with E-state index in [2.05, 4.69) is 9.97 Å². The van der Waals surface area contributed by atoms with E-state index in [1.54, 1.807) is 6.07 Å². The lowest BCUT2D eigenvalue weighted by Gasteiger charge is -2.02. The van der Waals surface area contributed by atoms with Gasteiger partial charge in [0, 0.05) is 17.0 Å². The summed E-state index contributed by atoms with van der Waals surface area (Å²) in [5.41, 5.74) is 1.66. The van der Waals surface area contributed by atoms with Crippen LogP contribution in [0.2, 0.25) is 5.02 Å². The van der Waals surface area contributed by atoms with Crippen LogP contribution < -0.4 is 5.56 Å². The van der Waals surface area contributed by atoms with Crippen LogP contribution in [0.3, 0.4) is 0 Å². The van der Waals surface area contributed by atoms with E-state index in [4.69, 9.17) is 23.2 Å². The molecule has 0 atom stereocenters. The quantitative estimate of drug-likeness (QED) is 0.311. The van der Waals surface area contributed by atoms with Crippen molar-refractivity contribution in [2.45, 2.75) is 0 Å². The molecule has 4 rings (SSSR count). The smallest absolute Gasteiger partial charge is 0.288 e. The Balaban J connectivity index is 1.77. The number of nitrogens with one attached hydrogen (secondary N) is 1. The van der Waals surface area contributed by atoms with Crippen molar-refractivity contribution in [1.82, 2.24) is 9.97 Å². The Morgan fingerprint density at radius 1 is 1.21 bits per heavy atom. The SMILES string of the molecule is O=c1[nH]c(/C(Cl)=C/c2ccc(Cl)c([N+](=O)[O-])c2)nc2scc(-c3ccccc3)c12. The second kappa shape index (κ2) is 7.79. The molecule has 0 unspecified atom stereocenters. The fourth-order valence-electron chi connectivity index (χ4n) is 2.87. The second-order valence-electron chi connectivity index (χ2n) is 6.07. The number of benzene rings is 2. The number of aromatic nitrogens is 2. The molecular formula is C20H11Cl2N3O3S. The zero-order chi connectivity index (χ0) is 20.5. The summed E-state index contributed by atoms with van der Waals surface area (Å²) in [6, 6.07) is 13.9. The fraction of sp³-hybridized carbons (Fsp3) is 0. The number of nitro benzene ring substituents is 1. The van der Waals surface area contributed by atoms with Gasteiger partial charge >= 0.3 is 0 Å². The van der Waals surface area contributed by atoms with Crippen molar-refractivity contribution in [3.8, 4) is 11.1 Å². The van der Waals surface area contributed by atoms with Crippen LogP contribution in [0, 0.1) is 10.1 Å². The minimum absolute atomic E-state index is 0.0308. The van der Waals surface area contributed by atoms with Gasteiger partial charge in [-0.3, -0.25) is 14.9 Å². The van der Waals surface area contributed by atoms with Gasteiger partial charge in [-0.25, -0.2) is 4.98 Å². The van der Waals surface area contributed by atoms with Crippen LogP contribution in [0.4, 0.5) is 5.69 Å². The number of H-pyrrole nitrogens is 1. The van der Waals surface area contributed by atoms with Crippen LogP contribution in [-0.2, 0) is 0 Å². The Labute approximate surface area is 178 Å². The van der Waals surface area contributed by atoms with Gasteiger partial charge in [-0.05, 0) is 23.3 Å². The third kappa shape index (κ3) is 3.80. The first kappa shape index (κ1) is 19.3. The van der Waals surface area contributed by atoms with Gasteiger partial charge in [0.1, 0.15) is 9.85 Å². The molecule has 0 bridgehead atoms. The molecular weight excluding hydrogens is 433 g/mol. The summed E-state index contributed by atoms with van der Waals surface area (Å²) in [5.74, 6) is 0.184. The number of halogens is 2. The Kier molecular flexibility index (Phi) is 5.19. The lowest BCUT2D eigenvalue weighted by molar-refractivity contribution is -0.384. The van der Waals surface area contributed by atoms with Gasteiger partial charge in [0.05, 0.1) is 15.3 Å². The maximum Gasteiger partial charge on any atom is 0.288 e. The number of fused-ring (bicyclic) bond motifs is 1. The number of aromatic amines is 1. The third-order valence-corrected chi connectivity index (χ3v) is 5.70. The zero-order valence-electron chi connectivity index (χ0n) is 14.6. The Bertz CT molecular complexity index is 1330. The molecule has 0 spiro atoms. The number of nitro groups is 1. The van der Waals surface area contributed by atoms with Gasteiger partial charge in [0.2, 0.25) is 0 Å². The molecule has 0 aliphatic heterocycles. The van der Waals surface area contributed by atoms with Gasteiger partial charge in [0.15, 0.2) is 5.82 Å². The highest BCUT2D eigenvalue weighted by atomic mass is 35.5. The predicted molar refractivity (Wildman–Crippen MR) is 118 cm³/mol. The number of hydrogen-bond donors (Lipinski definition) is 1. The van der Waals surface area contributed by atoms with E-state index < -0.39 is 4.92 Å². The van der Waals surface area contributed by atoms with Crippen LogP contribution >= 0.6 is 34.5 Å². The van der Waals surface area contributed by atoms with Crippen molar-refractivity contribution >= 4 is 61.6 Å². The molecule has 9 heteroatoms. The molecule has 4 aromatic rings. The summed E-state index contributed by atoms with van der Waals surface area (Å²) in [6.07, 6.45) is 1.49. The highest BCUT2D eigenvalue weighted by Gasteiger charge is 2.15. The molecule has 0 aliphatic carbocycles. The molecule has 0 radical (unpaired) electrons. The van der Waals surface area contributed by atoms with E-state index in [0.717, 1.165) is 11.1 Å². The largest absolute Gasteiger partial charge is 0.305 e. The third-order valence-electron chi connectivity index (χ3n) is 4.22. The molecule has 2 aromatic carbocycles. The average Bonchev–Trinajstić information content (AvgIpc) is 3.14. The molecule has 144 valence electrons. The zero-order valence-corrected chi connectivity index (χ0v) is 16.9. The standard InChI is InChI=1S/C20H11Cl2N3O3S/c21-14-7-6-11(9-16(14)25(27)28)8-15(22)18-23-19(26)17-13(10-29-20(17)24-18)12-4-2-1-3-5-12/h1-10H,(H,23,24,26)/b15-8-. The highest BCUT2D eigenvalue weighted by molar-refractivity contribution is 7.17. The van der Waals surface area contributed by atoms with Crippen molar-refractivity contribution in [2.75, 3.05) is 0 Å². The number of hydrogen-bond acceptors (Lipinski definition) is 5. The van der Waals surface area contributed by atoms with Crippen molar-refractivity contribution in [1.29, 1.82) is 0 Å². The summed E-state index contributed by atoms with van der Waals surface area (Å²) in [6.45, 7) is 0. The molecule has 0 amide bonds. The maximum absolute atomic E-state index is 12.7. The molecule has 0 fully saturated rings. The van der Waals surface area contributed by atoms with Gasteiger partial charge in [0.25, 0.3) is 11.2 Å². The Morgan fingerprint density at radius 2 is 1.97 bits per heavy atom. The van der Waals surface area contributed by atoms with E-state index in [0.29, 0.717) is 15.8 Å². The molecule has 0 aliphatic rings. The van der Waals surface area contributed by atoms with Gasteiger partial charge in [-0.2, -0.15) is 0 Å². The predicted octanol–water partition coefficient (Wildman–Crippen LogP) is 5.95. The lowest BCUT2D eigenvalue weighted by atomic mass is 10.1. The monoisotopic (exact) mass is 443 g/mol. The minimum atomic E-state index is -0.573. The lowest BCUT2D eigenvalue weighted by Crippen LogP contribution is -2.10. The molecule has 29 heavy (non-hydrogen) atoms. The molecule has 1 N–H and O–H groups in total. The van der Waals surface area contributed by atoms with Crippen molar-refractivity contribution in [3.63, 3.8) is 0 Å². The number of nitrogens with zero attached hydrogens (tertiary/aromatic N) is 2. The average molecular weight is 444 g/mol. The van der Waals surface area contributed by atoms with Gasteiger partial charge in [-0.1, -0.05) is 59.6 Å². The van der Waals surface area contributed by atoms with Crippen LogP contribution in [0.1, 0.15) is 11.4 Å². The van der Waals surface area contributed by atoms with E-state index in [9.17, 15) is 14.9 Å². The minimum Gasteiger partial charge on any atom is -0.305 e. The summed E-state index contributed by atoms with van der Waals surface area (Å²) in [5, 5.41) is 13.6. The summed E-state index contributed by atoms with van der Waals surface area (Å²) in [4.78, 5) is 30.9. The fourth-order valence-corrected chi connectivity index (χ4v) is 4.22. The number of rotatable bonds is 4. The summed E-state index contributed by atoms with van der Waals surface area (Å²) < 4.78 is 0. The molecule has 0 saturated heterocycles. The molecule has 0 saturated carbocycles. The highest BCUT2D eigenvalue weighted by Crippen LogP contribution is 2.32. The normalized spacial score (nSPS) is 11.7. The Morgan fingerprint density at radius 3 is 2.69 bits per heavy atom. The van der Waals surface area contributed by atoms with Crippen molar-refractivity contribution in [2.24, 2.45) is 0 Å².